The summed E-state index contributed by atoms with van der Waals surface area (Å²) < 4.78 is 5.64. The first-order chi connectivity index (χ1) is 6.31. The van der Waals surface area contributed by atoms with Crippen molar-refractivity contribution in [2.24, 2.45) is 11.8 Å². The van der Waals surface area contributed by atoms with Gasteiger partial charge in [-0.3, -0.25) is 4.79 Å². The van der Waals surface area contributed by atoms with Crippen LogP contribution < -0.4 is 0 Å². The molecule has 0 unspecified atom stereocenters. The first kappa shape index (κ1) is 7.84. The zero-order chi connectivity index (χ0) is 8.89. The van der Waals surface area contributed by atoms with Gasteiger partial charge >= 0.3 is 5.97 Å². The summed E-state index contributed by atoms with van der Waals surface area (Å²) in [5, 5.41) is 0. The summed E-state index contributed by atoms with van der Waals surface area (Å²) in [6.07, 6.45) is 8.25. The highest BCUT2D eigenvalue weighted by atomic mass is 16.6. The van der Waals surface area contributed by atoms with Gasteiger partial charge in [0.2, 0.25) is 0 Å². The highest BCUT2D eigenvalue weighted by Crippen LogP contribution is 2.55. The van der Waals surface area contributed by atoms with Gasteiger partial charge in [-0.1, -0.05) is 6.42 Å². The highest BCUT2D eigenvalue weighted by molar-refractivity contribution is 5.73. The van der Waals surface area contributed by atoms with Crippen molar-refractivity contribution in [2.45, 2.75) is 50.5 Å². The summed E-state index contributed by atoms with van der Waals surface area (Å²) in [6, 6.07) is 0. The third-order valence-electron chi connectivity index (χ3n) is 4.32. The molecule has 1 spiro atoms. The molecule has 3 fully saturated rings. The normalized spacial score (nSPS) is 48.5. The van der Waals surface area contributed by atoms with Crippen LogP contribution in [0, 0.1) is 11.8 Å². The Morgan fingerprint density at radius 2 is 1.92 bits per heavy atom. The minimum atomic E-state index is 0.0231. The van der Waals surface area contributed by atoms with Crippen molar-refractivity contribution in [1.82, 2.24) is 0 Å². The molecule has 13 heavy (non-hydrogen) atoms. The largest absolute Gasteiger partial charge is 0.458 e. The molecule has 0 aromatic carbocycles. The Morgan fingerprint density at radius 3 is 2.85 bits per heavy atom. The molecule has 3 rings (SSSR count). The lowest BCUT2D eigenvalue weighted by atomic mass is 9.70. The Morgan fingerprint density at radius 1 is 1.15 bits per heavy atom. The maximum absolute atomic E-state index is 11.3. The van der Waals surface area contributed by atoms with Crippen LogP contribution in [0.25, 0.3) is 0 Å². The van der Waals surface area contributed by atoms with Crippen molar-refractivity contribution < 1.29 is 9.53 Å². The van der Waals surface area contributed by atoms with E-state index in [0.29, 0.717) is 18.3 Å². The molecule has 3 atom stereocenters. The summed E-state index contributed by atoms with van der Waals surface area (Å²) in [5.41, 5.74) is 0.0231. The topological polar surface area (TPSA) is 26.3 Å². The van der Waals surface area contributed by atoms with E-state index in [4.69, 9.17) is 4.74 Å². The fourth-order valence-corrected chi connectivity index (χ4v) is 3.80. The first-order valence-corrected chi connectivity index (χ1v) is 5.53. The molecule has 0 radical (unpaired) electrons. The van der Waals surface area contributed by atoms with Crippen LogP contribution in [0.2, 0.25) is 0 Å². The van der Waals surface area contributed by atoms with Gasteiger partial charge in [0.15, 0.2) is 0 Å². The van der Waals surface area contributed by atoms with Gasteiger partial charge in [0.25, 0.3) is 0 Å². The van der Waals surface area contributed by atoms with E-state index in [2.05, 4.69) is 0 Å². The SMILES string of the molecule is O=C1C[C@@H]2CCC[C@@H]3CCC[C@]32O1. The van der Waals surface area contributed by atoms with Gasteiger partial charge in [0.05, 0.1) is 6.42 Å². The second-order valence-electron chi connectivity index (χ2n) is 4.85. The van der Waals surface area contributed by atoms with Crippen molar-refractivity contribution in [2.75, 3.05) is 0 Å². The molecule has 2 saturated carbocycles. The molecule has 1 heterocycles. The number of carbonyl (C=O) groups is 1. The molecule has 2 heteroatoms. The molecule has 1 aliphatic heterocycles. The standard InChI is InChI=1S/C11H16O2/c12-10-7-9-4-1-3-8-5-2-6-11(8,9)13-10/h8-9H,1-7H2/t8-,9+,11+/m1/s1. The number of hydrogen-bond acceptors (Lipinski definition) is 2. The van der Waals surface area contributed by atoms with Crippen molar-refractivity contribution in [1.29, 1.82) is 0 Å². The van der Waals surface area contributed by atoms with Gasteiger partial charge in [-0.05, 0) is 38.0 Å². The van der Waals surface area contributed by atoms with Crippen molar-refractivity contribution in [3.63, 3.8) is 0 Å². The van der Waals surface area contributed by atoms with Gasteiger partial charge in [0.1, 0.15) is 5.60 Å². The number of carbonyl (C=O) groups excluding carboxylic acids is 1. The molecule has 2 aliphatic carbocycles. The minimum Gasteiger partial charge on any atom is -0.458 e. The Kier molecular flexibility index (Phi) is 1.50. The molecule has 0 N–H and O–H groups in total. The van der Waals surface area contributed by atoms with Gasteiger partial charge in [-0.2, -0.15) is 0 Å². The monoisotopic (exact) mass is 180 g/mol. The maximum atomic E-state index is 11.3. The quantitative estimate of drug-likeness (QED) is 0.534. The molecule has 0 amide bonds. The Balaban J connectivity index is 1.96. The summed E-state index contributed by atoms with van der Waals surface area (Å²) in [6.45, 7) is 0. The van der Waals surface area contributed by atoms with E-state index in [1.54, 1.807) is 0 Å². The average molecular weight is 180 g/mol. The highest BCUT2D eigenvalue weighted by Gasteiger charge is 2.57. The number of hydrogen-bond donors (Lipinski definition) is 0. The Bertz CT molecular complexity index is 248. The van der Waals surface area contributed by atoms with E-state index in [9.17, 15) is 4.79 Å². The second-order valence-corrected chi connectivity index (χ2v) is 4.85. The molecule has 3 aliphatic rings. The minimum absolute atomic E-state index is 0.0231. The summed E-state index contributed by atoms with van der Waals surface area (Å²) in [4.78, 5) is 11.3. The van der Waals surface area contributed by atoms with Gasteiger partial charge in [0, 0.05) is 5.92 Å². The number of rotatable bonds is 0. The van der Waals surface area contributed by atoms with Crippen LogP contribution in [0.15, 0.2) is 0 Å². The fraction of sp³-hybridized carbons (Fsp3) is 0.909. The summed E-state index contributed by atoms with van der Waals surface area (Å²) in [7, 11) is 0. The number of ether oxygens (including phenoxy) is 1. The van der Waals surface area contributed by atoms with E-state index < -0.39 is 0 Å². The van der Waals surface area contributed by atoms with E-state index in [1.807, 2.05) is 0 Å². The molecule has 2 nitrogen and oxygen atoms in total. The molecule has 72 valence electrons. The van der Waals surface area contributed by atoms with E-state index in [-0.39, 0.29) is 11.6 Å². The molecular weight excluding hydrogens is 164 g/mol. The van der Waals surface area contributed by atoms with Crippen molar-refractivity contribution in [3.05, 3.63) is 0 Å². The van der Waals surface area contributed by atoms with Crippen LogP contribution in [0.5, 0.6) is 0 Å². The van der Waals surface area contributed by atoms with Crippen LogP contribution in [-0.2, 0) is 9.53 Å². The first-order valence-electron chi connectivity index (χ1n) is 5.53. The van der Waals surface area contributed by atoms with Crippen LogP contribution in [0.3, 0.4) is 0 Å². The molecule has 0 aromatic rings. The lowest BCUT2D eigenvalue weighted by Gasteiger charge is -2.39. The fourth-order valence-electron chi connectivity index (χ4n) is 3.80. The lowest BCUT2D eigenvalue weighted by molar-refractivity contribution is -0.154. The van der Waals surface area contributed by atoms with Gasteiger partial charge in [-0.25, -0.2) is 0 Å². The van der Waals surface area contributed by atoms with Crippen LogP contribution in [0.1, 0.15) is 44.9 Å². The maximum Gasteiger partial charge on any atom is 0.306 e. The van der Waals surface area contributed by atoms with E-state index >= 15 is 0 Å². The Hall–Kier alpha value is -0.530. The van der Waals surface area contributed by atoms with Crippen LogP contribution in [-0.4, -0.2) is 11.6 Å². The van der Waals surface area contributed by atoms with E-state index in [0.717, 1.165) is 6.42 Å². The lowest BCUT2D eigenvalue weighted by Crippen LogP contribution is -2.42. The van der Waals surface area contributed by atoms with Crippen molar-refractivity contribution >= 4 is 5.97 Å². The van der Waals surface area contributed by atoms with Gasteiger partial charge < -0.3 is 4.74 Å². The third kappa shape index (κ3) is 0.918. The van der Waals surface area contributed by atoms with Crippen molar-refractivity contribution in [3.8, 4) is 0 Å². The predicted octanol–water partition coefficient (Wildman–Crippen LogP) is 2.27. The van der Waals surface area contributed by atoms with Gasteiger partial charge in [-0.15, -0.1) is 0 Å². The molecule has 0 bridgehead atoms. The third-order valence-corrected chi connectivity index (χ3v) is 4.32. The number of esters is 1. The van der Waals surface area contributed by atoms with Crippen LogP contribution >= 0.6 is 0 Å². The molecule has 0 aromatic heterocycles. The summed E-state index contributed by atoms with van der Waals surface area (Å²) in [5.74, 6) is 1.35. The second kappa shape index (κ2) is 2.49. The average Bonchev–Trinajstić information content (AvgIpc) is 2.61. The van der Waals surface area contributed by atoms with Crippen LogP contribution in [0.4, 0.5) is 0 Å². The summed E-state index contributed by atoms with van der Waals surface area (Å²) >= 11 is 0. The van der Waals surface area contributed by atoms with E-state index in [1.165, 1.54) is 32.1 Å². The molecule has 1 saturated heterocycles. The predicted molar refractivity (Wildman–Crippen MR) is 48.1 cm³/mol. The Labute approximate surface area is 78.6 Å². The zero-order valence-corrected chi connectivity index (χ0v) is 7.92. The molecular formula is C11H16O2. The smallest absolute Gasteiger partial charge is 0.306 e. The zero-order valence-electron chi connectivity index (χ0n) is 7.92.